The van der Waals surface area contributed by atoms with E-state index in [9.17, 15) is 18.0 Å². The van der Waals surface area contributed by atoms with Gasteiger partial charge in [0.2, 0.25) is 0 Å². The molecule has 0 unspecified atom stereocenters. The van der Waals surface area contributed by atoms with Crippen LogP contribution in [0.3, 0.4) is 0 Å². The van der Waals surface area contributed by atoms with Gasteiger partial charge in [0.05, 0.1) is 5.69 Å². The van der Waals surface area contributed by atoms with E-state index < -0.39 is 12.0 Å². The Labute approximate surface area is 79.3 Å². The Morgan fingerprint density at radius 2 is 2.00 bits per heavy atom. The SMILES string of the molecule is CC(C)n1cccc1C(=O)C(F)(F)F. The number of nitrogens with zero attached hydrogens (tertiary/aromatic N) is 1. The maximum atomic E-state index is 12.1. The zero-order valence-electron chi connectivity index (χ0n) is 7.80. The van der Waals surface area contributed by atoms with Crippen LogP contribution in [0.4, 0.5) is 13.2 Å². The molecule has 0 saturated heterocycles. The Balaban J connectivity index is 3.08. The van der Waals surface area contributed by atoms with Crippen LogP contribution in [0, 0.1) is 0 Å². The second kappa shape index (κ2) is 3.48. The smallest absolute Gasteiger partial charge is 0.342 e. The number of carbonyl (C=O) groups excluding carboxylic acids is 1. The summed E-state index contributed by atoms with van der Waals surface area (Å²) >= 11 is 0. The summed E-state index contributed by atoms with van der Waals surface area (Å²) < 4.78 is 37.6. The van der Waals surface area contributed by atoms with E-state index in [2.05, 4.69) is 0 Å². The molecule has 0 atom stereocenters. The number of alkyl halides is 3. The van der Waals surface area contributed by atoms with Gasteiger partial charge < -0.3 is 4.57 Å². The molecule has 2 nitrogen and oxygen atoms in total. The molecule has 0 fully saturated rings. The standard InChI is InChI=1S/C9H10F3NO/c1-6(2)13-5-3-4-7(13)8(14)9(10,11)12/h3-6H,1-2H3. The van der Waals surface area contributed by atoms with Crippen LogP contribution in [0.1, 0.15) is 30.4 Å². The van der Waals surface area contributed by atoms with E-state index in [1.807, 2.05) is 0 Å². The molecule has 0 N–H and O–H groups in total. The first kappa shape index (κ1) is 10.8. The molecule has 1 aromatic rings. The lowest BCUT2D eigenvalue weighted by molar-refractivity contribution is -0.0891. The number of aromatic nitrogens is 1. The molecule has 0 amide bonds. The molecular formula is C9H10F3NO. The average molecular weight is 205 g/mol. The van der Waals surface area contributed by atoms with Crippen molar-refractivity contribution in [1.29, 1.82) is 0 Å². The van der Waals surface area contributed by atoms with Crippen molar-refractivity contribution in [3.63, 3.8) is 0 Å². The van der Waals surface area contributed by atoms with Crippen molar-refractivity contribution < 1.29 is 18.0 Å². The lowest BCUT2D eigenvalue weighted by Gasteiger charge is -2.12. The van der Waals surface area contributed by atoms with E-state index >= 15 is 0 Å². The van der Waals surface area contributed by atoms with Gasteiger partial charge in [0.1, 0.15) is 0 Å². The van der Waals surface area contributed by atoms with Gasteiger partial charge in [0.25, 0.3) is 5.78 Å². The summed E-state index contributed by atoms with van der Waals surface area (Å²) in [5, 5.41) is 0. The van der Waals surface area contributed by atoms with Crippen molar-refractivity contribution in [3.8, 4) is 0 Å². The van der Waals surface area contributed by atoms with Gasteiger partial charge in [0, 0.05) is 12.2 Å². The largest absolute Gasteiger partial charge is 0.456 e. The van der Waals surface area contributed by atoms with E-state index in [0.717, 1.165) is 0 Å². The van der Waals surface area contributed by atoms with Gasteiger partial charge in [0.15, 0.2) is 0 Å². The van der Waals surface area contributed by atoms with Gasteiger partial charge in [-0.25, -0.2) is 0 Å². The van der Waals surface area contributed by atoms with Crippen molar-refractivity contribution in [2.75, 3.05) is 0 Å². The third-order valence-corrected chi connectivity index (χ3v) is 1.83. The summed E-state index contributed by atoms with van der Waals surface area (Å²) in [6.45, 7) is 3.43. The fourth-order valence-corrected chi connectivity index (χ4v) is 1.18. The second-order valence-electron chi connectivity index (χ2n) is 3.22. The Bertz CT molecular complexity index is 338. The van der Waals surface area contributed by atoms with Crippen molar-refractivity contribution in [2.45, 2.75) is 26.1 Å². The highest BCUT2D eigenvalue weighted by molar-refractivity contribution is 5.99. The number of hydrogen-bond acceptors (Lipinski definition) is 1. The minimum Gasteiger partial charge on any atom is -0.342 e. The van der Waals surface area contributed by atoms with Crippen LogP contribution in [-0.2, 0) is 0 Å². The summed E-state index contributed by atoms with van der Waals surface area (Å²) in [5.74, 6) is -1.80. The predicted molar refractivity (Wildman–Crippen MR) is 45.2 cm³/mol. The van der Waals surface area contributed by atoms with Crippen LogP contribution in [-0.4, -0.2) is 16.5 Å². The highest BCUT2D eigenvalue weighted by Crippen LogP contribution is 2.23. The van der Waals surface area contributed by atoms with Crippen LogP contribution in [0.2, 0.25) is 0 Å². The number of ketones is 1. The van der Waals surface area contributed by atoms with Crippen LogP contribution in [0.25, 0.3) is 0 Å². The fourth-order valence-electron chi connectivity index (χ4n) is 1.18. The Hall–Kier alpha value is -1.26. The molecule has 14 heavy (non-hydrogen) atoms. The Morgan fingerprint density at radius 1 is 1.43 bits per heavy atom. The molecule has 1 rings (SSSR count). The van der Waals surface area contributed by atoms with Crippen LogP contribution in [0.15, 0.2) is 18.3 Å². The summed E-state index contributed by atoms with van der Waals surface area (Å²) in [6, 6.07) is 2.45. The van der Waals surface area contributed by atoms with E-state index in [-0.39, 0.29) is 11.7 Å². The van der Waals surface area contributed by atoms with Crippen molar-refractivity contribution in [2.24, 2.45) is 0 Å². The summed E-state index contributed by atoms with van der Waals surface area (Å²) in [4.78, 5) is 10.9. The minimum absolute atomic E-state index is 0.161. The molecule has 0 saturated carbocycles. The third kappa shape index (κ3) is 1.97. The Morgan fingerprint density at radius 3 is 2.43 bits per heavy atom. The fraction of sp³-hybridized carbons (Fsp3) is 0.444. The van der Waals surface area contributed by atoms with Crippen molar-refractivity contribution in [3.05, 3.63) is 24.0 Å². The first-order valence-electron chi connectivity index (χ1n) is 4.12. The lowest BCUT2D eigenvalue weighted by atomic mass is 10.2. The first-order valence-corrected chi connectivity index (χ1v) is 4.12. The number of carbonyl (C=O) groups is 1. The maximum absolute atomic E-state index is 12.1. The summed E-state index contributed by atoms with van der Waals surface area (Å²) in [6.07, 6.45) is -3.34. The average Bonchev–Trinajstić information content (AvgIpc) is 2.48. The number of Topliss-reactive ketones (excluding diaryl/α,β-unsaturated/α-hetero) is 1. The van der Waals surface area contributed by atoms with Crippen molar-refractivity contribution in [1.82, 2.24) is 4.57 Å². The summed E-state index contributed by atoms with van der Waals surface area (Å²) in [5.41, 5.74) is -0.312. The van der Waals surface area contributed by atoms with Gasteiger partial charge in [-0.1, -0.05) is 0 Å². The predicted octanol–water partition coefficient (Wildman–Crippen LogP) is 2.81. The molecule has 0 spiro atoms. The number of rotatable bonds is 2. The molecule has 5 heteroatoms. The monoisotopic (exact) mass is 205 g/mol. The van der Waals surface area contributed by atoms with Gasteiger partial charge >= 0.3 is 6.18 Å². The lowest BCUT2D eigenvalue weighted by Crippen LogP contribution is -2.25. The van der Waals surface area contributed by atoms with Gasteiger partial charge in [-0.2, -0.15) is 13.2 Å². The first-order chi connectivity index (χ1) is 6.34. The van der Waals surface area contributed by atoms with Gasteiger partial charge in [-0.05, 0) is 26.0 Å². The topological polar surface area (TPSA) is 22.0 Å². The molecule has 0 aliphatic carbocycles. The van der Waals surface area contributed by atoms with Gasteiger partial charge in [-0.3, -0.25) is 4.79 Å². The molecule has 78 valence electrons. The number of hydrogen-bond donors (Lipinski definition) is 0. The van der Waals surface area contributed by atoms with Crippen LogP contribution >= 0.6 is 0 Å². The molecule has 1 heterocycles. The third-order valence-electron chi connectivity index (χ3n) is 1.83. The minimum atomic E-state index is -4.80. The second-order valence-corrected chi connectivity index (χ2v) is 3.22. The van der Waals surface area contributed by atoms with E-state index in [1.54, 1.807) is 13.8 Å². The molecular weight excluding hydrogens is 195 g/mol. The maximum Gasteiger partial charge on any atom is 0.456 e. The highest BCUT2D eigenvalue weighted by Gasteiger charge is 2.40. The molecule has 0 radical (unpaired) electrons. The van der Waals surface area contributed by atoms with E-state index in [1.165, 1.54) is 22.9 Å². The molecule has 1 aromatic heterocycles. The van der Waals surface area contributed by atoms with E-state index in [0.29, 0.717) is 0 Å². The molecule has 0 bridgehead atoms. The normalized spacial score (nSPS) is 12.1. The zero-order chi connectivity index (χ0) is 10.9. The zero-order valence-corrected chi connectivity index (χ0v) is 7.80. The quantitative estimate of drug-likeness (QED) is 0.680. The van der Waals surface area contributed by atoms with E-state index in [4.69, 9.17) is 0 Å². The molecule has 0 aromatic carbocycles. The van der Waals surface area contributed by atoms with Gasteiger partial charge in [-0.15, -0.1) is 0 Å². The highest BCUT2D eigenvalue weighted by atomic mass is 19.4. The molecule has 0 aliphatic heterocycles. The summed E-state index contributed by atoms with van der Waals surface area (Å²) in [7, 11) is 0. The van der Waals surface area contributed by atoms with Crippen LogP contribution < -0.4 is 0 Å². The van der Waals surface area contributed by atoms with Crippen molar-refractivity contribution >= 4 is 5.78 Å². The molecule has 0 aliphatic rings. The Kier molecular flexibility index (Phi) is 2.69. The number of halogens is 3. The van der Waals surface area contributed by atoms with Crippen LogP contribution in [0.5, 0.6) is 0 Å².